The summed E-state index contributed by atoms with van der Waals surface area (Å²) in [6.07, 6.45) is -6.63. The summed E-state index contributed by atoms with van der Waals surface area (Å²) in [7, 11) is 0. The van der Waals surface area contributed by atoms with Crippen LogP contribution < -0.4 is 4.74 Å². The van der Waals surface area contributed by atoms with Gasteiger partial charge >= 0.3 is 23.9 Å². The summed E-state index contributed by atoms with van der Waals surface area (Å²) in [5, 5.41) is 0.277. The molecule has 0 spiro atoms. The molecule has 5 atom stereocenters. The molecule has 0 aliphatic carbocycles. The highest BCUT2D eigenvalue weighted by atomic mass is 127. The van der Waals surface area contributed by atoms with Gasteiger partial charge in [-0.15, -0.1) is 0 Å². The highest BCUT2D eigenvalue weighted by molar-refractivity contribution is 14.1. The summed E-state index contributed by atoms with van der Waals surface area (Å²) in [4.78, 5) is 46.8. The minimum Gasteiger partial charge on any atom is -0.463 e. The van der Waals surface area contributed by atoms with Gasteiger partial charge in [0, 0.05) is 31.3 Å². The van der Waals surface area contributed by atoms with Crippen LogP contribution in [0.3, 0.4) is 0 Å². The normalized spacial score (nSPS) is 24.4. The fraction of sp³-hybridized carbons (Fsp3) is 0.500. The van der Waals surface area contributed by atoms with Crippen molar-refractivity contribution in [3.05, 3.63) is 25.7 Å². The molecule has 182 valence electrons. The third-order valence-electron chi connectivity index (χ3n) is 4.15. The van der Waals surface area contributed by atoms with E-state index in [1.807, 2.05) is 22.6 Å². The zero-order valence-electron chi connectivity index (χ0n) is 18.0. The summed E-state index contributed by atoms with van der Waals surface area (Å²) in [5.41, 5.74) is 0. The number of esters is 4. The van der Waals surface area contributed by atoms with Gasteiger partial charge in [-0.25, -0.2) is 0 Å². The number of benzene rings is 1. The topological polar surface area (TPSA) is 124 Å². The number of halogens is 3. The molecule has 10 nitrogen and oxygen atoms in total. The van der Waals surface area contributed by atoms with Crippen molar-refractivity contribution in [2.75, 3.05) is 6.61 Å². The average Bonchev–Trinajstić information content (AvgIpc) is 2.66. The van der Waals surface area contributed by atoms with Crippen LogP contribution in [0.25, 0.3) is 0 Å². The first kappa shape index (κ1) is 27.4. The zero-order chi connectivity index (χ0) is 24.9. The summed E-state index contributed by atoms with van der Waals surface area (Å²) < 4.78 is 33.4. The van der Waals surface area contributed by atoms with Crippen LogP contribution in [0.4, 0.5) is 0 Å². The van der Waals surface area contributed by atoms with Crippen LogP contribution in [0, 0.1) is 3.57 Å². The highest BCUT2D eigenvalue weighted by Gasteiger charge is 2.53. The number of carbonyl (C=O) groups is 4. The molecule has 0 amide bonds. The maximum absolute atomic E-state index is 11.8. The Morgan fingerprint density at radius 3 is 1.82 bits per heavy atom. The van der Waals surface area contributed by atoms with Crippen LogP contribution in [-0.4, -0.2) is 61.2 Å². The molecule has 2 rings (SSSR count). The molecule has 1 heterocycles. The van der Waals surface area contributed by atoms with E-state index in [-0.39, 0.29) is 22.4 Å². The lowest BCUT2D eigenvalue weighted by atomic mass is 9.98. The van der Waals surface area contributed by atoms with Crippen LogP contribution in [0.1, 0.15) is 27.7 Å². The summed E-state index contributed by atoms with van der Waals surface area (Å²) in [6.45, 7) is 4.16. The van der Waals surface area contributed by atoms with E-state index >= 15 is 0 Å². The SMILES string of the molecule is CC(=O)OC[C@@H]1O[C@@H](Oc2c(Cl)cc(I)cc2Cl)[C@H](OC(C)=O)[C@H](OC(C)=O)[C@H]1OC(C)=O. The first-order chi connectivity index (χ1) is 15.4. The second-order valence-electron chi connectivity index (χ2n) is 6.88. The molecule has 0 N–H and O–H groups in total. The third kappa shape index (κ3) is 7.87. The monoisotopic (exact) mass is 618 g/mol. The molecular formula is C20H21Cl2IO10. The summed E-state index contributed by atoms with van der Waals surface area (Å²) >= 11 is 14.5. The Kier molecular flexibility index (Phi) is 10.0. The van der Waals surface area contributed by atoms with Gasteiger partial charge in [-0.2, -0.15) is 0 Å². The molecule has 13 heteroatoms. The number of ether oxygens (including phenoxy) is 6. The van der Waals surface area contributed by atoms with Gasteiger partial charge < -0.3 is 28.4 Å². The van der Waals surface area contributed by atoms with Crippen LogP contribution in [-0.2, 0) is 42.9 Å². The van der Waals surface area contributed by atoms with Gasteiger partial charge in [0.25, 0.3) is 0 Å². The van der Waals surface area contributed by atoms with E-state index in [9.17, 15) is 19.2 Å². The van der Waals surface area contributed by atoms with Gasteiger partial charge in [0.1, 0.15) is 12.7 Å². The van der Waals surface area contributed by atoms with Crippen molar-refractivity contribution in [1.82, 2.24) is 0 Å². The maximum atomic E-state index is 11.8. The van der Waals surface area contributed by atoms with Crippen molar-refractivity contribution in [3.8, 4) is 5.75 Å². The molecule has 1 saturated heterocycles. The zero-order valence-corrected chi connectivity index (χ0v) is 21.6. The Balaban J connectivity index is 2.52. The largest absolute Gasteiger partial charge is 0.463 e. The van der Waals surface area contributed by atoms with Gasteiger partial charge in [0.2, 0.25) is 12.4 Å². The molecule has 1 fully saturated rings. The highest BCUT2D eigenvalue weighted by Crippen LogP contribution is 2.38. The van der Waals surface area contributed by atoms with Crippen molar-refractivity contribution in [2.45, 2.75) is 58.4 Å². The van der Waals surface area contributed by atoms with Crippen LogP contribution in [0.15, 0.2) is 12.1 Å². The van der Waals surface area contributed by atoms with Gasteiger partial charge in [0.15, 0.2) is 18.0 Å². The number of hydrogen-bond donors (Lipinski definition) is 0. The average molecular weight is 619 g/mol. The first-order valence-corrected chi connectivity index (χ1v) is 11.3. The van der Waals surface area contributed by atoms with Gasteiger partial charge in [0.05, 0.1) is 10.0 Å². The standard InChI is InChI=1S/C20H21Cl2IO10/c1-8(24)28-7-15-17(29-9(2)25)18(30-10(3)26)19(31-11(4)27)20(32-15)33-16-13(21)5-12(23)6-14(16)22/h5-6,15,17-20H,7H2,1-4H3/t15-,17-,18+,19+,20-/m0/s1. The fourth-order valence-corrected chi connectivity index (χ4v) is 4.61. The Morgan fingerprint density at radius 1 is 0.848 bits per heavy atom. The van der Waals surface area contributed by atoms with Crippen LogP contribution in [0.5, 0.6) is 5.75 Å². The molecule has 33 heavy (non-hydrogen) atoms. The Morgan fingerprint density at radius 2 is 1.33 bits per heavy atom. The van der Waals surface area contributed by atoms with E-state index in [1.54, 1.807) is 12.1 Å². The van der Waals surface area contributed by atoms with Gasteiger partial charge in [-0.3, -0.25) is 19.2 Å². The predicted octanol–water partition coefficient (Wildman–Crippen LogP) is 3.06. The lowest BCUT2D eigenvalue weighted by Crippen LogP contribution is -2.63. The number of rotatable bonds is 7. The van der Waals surface area contributed by atoms with Crippen molar-refractivity contribution in [2.24, 2.45) is 0 Å². The van der Waals surface area contributed by atoms with E-state index in [4.69, 9.17) is 51.6 Å². The van der Waals surface area contributed by atoms with E-state index in [0.29, 0.717) is 0 Å². The van der Waals surface area contributed by atoms with E-state index < -0.39 is 54.6 Å². The molecule has 0 unspecified atom stereocenters. The molecule has 0 radical (unpaired) electrons. The van der Waals surface area contributed by atoms with Gasteiger partial charge in [-0.1, -0.05) is 23.2 Å². The molecule has 0 bridgehead atoms. The molecule has 0 aromatic heterocycles. The first-order valence-electron chi connectivity index (χ1n) is 9.50. The minimum absolute atomic E-state index is 0.0136. The molecule has 1 aromatic carbocycles. The fourth-order valence-electron chi connectivity index (χ4n) is 3.04. The van der Waals surface area contributed by atoms with Crippen molar-refractivity contribution in [1.29, 1.82) is 0 Å². The smallest absolute Gasteiger partial charge is 0.303 e. The second-order valence-corrected chi connectivity index (χ2v) is 8.94. The predicted molar refractivity (Wildman–Crippen MR) is 122 cm³/mol. The number of carbonyl (C=O) groups excluding carboxylic acids is 4. The van der Waals surface area contributed by atoms with Crippen molar-refractivity contribution in [3.63, 3.8) is 0 Å². The summed E-state index contributed by atoms with van der Waals surface area (Å²) in [5.74, 6) is -2.87. The molecule has 1 aliphatic heterocycles. The Hall–Kier alpha value is -1.83. The maximum Gasteiger partial charge on any atom is 0.303 e. The van der Waals surface area contributed by atoms with Crippen molar-refractivity contribution < 1.29 is 47.6 Å². The molecule has 0 saturated carbocycles. The summed E-state index contributed by atoms with van der Waals surface area (Å²) in [6, 6.07) is 3.16. The van der Waals surface area contributed by atoms with E-state index in [1.165, 1.54) is 6.92 Å². The van der Waals surface area contributed by atoms with Crippen molar-refractivity contribution >= 4 is 69.7 Å². The Labute approximate surface area is 213 Å². The molecule has 1 aliphatic rings. The quantitative estimate of drug-likeness (QED) is 0.256. The second kappa shape index (κ2) is 12.0. The van der Waals surface area contributed by atoms with Gasteiger partial charge in [-0.05, 0) is 34.7 Å². The minimum atomic E-state index is -1.43. The Bertz CT molecular complexity index is 901. The molecular weight excluding hydrogens is 598 g/mol. The van der Waals surface area contributed by atoms with Crippen LogP contribution in [0.2, 0.25) is 10.0 Å². The lowest BCUT2D eigenvalue weighted by molar-refractivity contribution is -0.288. The third-order valence-corrected chi connectivity index (χ3v) is 5.33. The van der Waals surface area contributed by atoms with E-state index in [0.717, 1.165) is 24.3 Å². The van der Waals surface area contributed by atoms with E-state index in [2.05, 4.69) is 0 Å². The number of hydrogen-bond acceptors (Lipinski definition) is 10. The lowest BCUT2D eigenvalue weighted by Gasteiger charge is -2.44. The molecule has 1 aromatic rings. The van der Waals surface area contributed by atoms with Crippen LogP contribution >= 0.6 is 45.8 Å².